The molecule has 1 N–H and O–H groups in total. The molecule has 0 aliphatic heterocycles. The van der Waals surface area contributed by atoms with Crippen molar-refractivity contribution in [2.75, 3.05) is 11.1 Å². The van der Waals surface area contributed by atoms with Crippen LogP contribution in [0.25, 0.3) is 0 Å². The standard InChI is InChI=1S/C19H19N5O3S/c1-23-17(12-7-14-5-3-2-4-6-14)21-22-19(23)28-13-18(25)20-15-8-10-16(11-9-15)24(26)27/h2-6,8-11H,7,12-13H2,1H3,(H,20,25). The third kappa shape index (κ3) is 5.17. The number of hydrogen-bond acceptors (Lipinski definition) is 6. The number of nitrogens with zero attached hydrogens (tertiary/aromatic N) is 4. The molecule has 0 spiro atoms. The van der Waals surface area contributed by atoms with E-state index in [1.807, 2.05) is 29.8 Å². The number of nitro benzene ring substituents is 1. The highest BCUT2D eigenvalue weighted by Gasteiger charge is 2.12. The molecule has 8 nitrogen and oxygen atoms in total. The van der Waals surface area contributed by atoms with Crippen LogP contribution in [0.3, 0.4) is 0 Å². The number of thioether (sulfide) groups is 1. The van der Waals surface area contributed by atoms with Gasteiger partial charge in [0.05, 0.1) is 10.7 Å². The molecule has 1 heterocycles. The van der Waals surface area contributed by atoms with Crippen molar-refractivity contribution in [1.29, 1.82) is 0 Å². The first-order valence-electron chi connectivity index (χ1n) is 8.62. The van der Waals surface area contributed by atoms with Crippen molar-refractivity contribution >= 4 is 29.0 Å². The number of nitrogens with one attached hydrogen (secondary N) is 1. The maximum Gasteiger partial charge on any atom is 0.269 e. The Morgan fingerprint density at radius 2 is 1.82 bits per heavy atom. The Morgan fingerprint density at radius 1 is 1.11 bits per heavy atom. The number of aryl methyl sites for hydroxylation is 2. The minimum absolute atomic E-state index is 0.0190. The molecule has 0 aliphatic rings. The highest BCUT2D eigenvalue weighted by Crippen LogP contribution is 2.19. The van der Waals surface area contributed by atoms with Crippen LogP contribution in [-0.2, 0) is 24.7 Å². The summed E-state index contributed by atoms with van der Waals surface area (Å²) in [6.45, 7) is 0. The van der Waals surface area contributed by atoms with Gasteiger partial charge >= 0.3 is 0 Å². The van der Waals surface area contributed by atoms with E-state index >= 15 is 0 Å². The summed E-state index contributed by atoms with van der Waals surface area (Å²) in [4.78, 5) is 22.3. The number of benzene rings is 2. The average molecular weight is 397 g/mol. The molecule has 144 valence electrons. The normalized spacial score (nSPS) is 10.6. The Hall–Kier alpha value is -3.20. The summed E-state index contributed by atoms with van der Waals surface area (Å²) < 4.78 is 1.90. The maximum absolute atomic E-state index is 12.1. The summed E-state index contributed by atoms with van der Waals surface area (Å²) in [5, 5.41) is 22.4. The minimum atomic E-state index is -0.481. The first kappa shape index (κ1) is 19.6. The third-order valence-electron chi connectivity index (χ3n) is 4.10. The number of amides is 1. The van der Waals surface area contributed by atoms with Crippen LogP contribution in [-0.4, -0.2) is 31.3 Å². The summed E-state index contributed by atoms with van der Waals surface area (Å²) in [7, 11) is 1.89. The Morgan fingerprint density at radius 3 is 2.50 bits per heavy atom. The van der Waals surface area contributed by atoms with Gasteiger partial charge in [-0.25, -0.2) is 0 Å². The molecule has 0 saturated heterocycles. The number of carbonyl (C=O) groups excluding carboxylic acids is 1. The molecular weight excluding hydrogens is 378 g/mol. The molecule has 0 saturated carbocycles. The number of non-ortho nitro benzene ring substituents is 1. The average Bonchev–Trinajstić information content (AvgIpc) is 3.05. The summed E-state index contributed by atoms with van der Waals surface area (Å²) in [6, 6.07) is 15.9. The topological polar surface area (TPSA) is 103 Å². The lowest BCUT2D eigenvalue weighted by Crippen LogP contribution is -2.14. The van der Waals surface area contributed by atoms with Crippen LogP contribution >= 0.6 is 11.8 Å². The molecule has 0 radical (unpaired) electrons. The van der Waals surface area contributed by atoms with E-state index in [-0.39, 0.29) is 17.3 Å². The third-order valence-corrected chi connectivity index (χ3v) is 5.12. The van der Waals surface area contributed by atoms with Crippen LogP contribution in [0.15, 0.2) is 59.8 Å². The molecule has 2 aromatic carbocycles. The van der Waals surface area contributed by atoms with Gasteiger partial charge in [-0.3, -0.25) is 14.9 Å². The lowest BCUT2D eigenvalue weighted by Gasteiger charge is -2.06. The van der Waals surface area contributed by atoms with E-state index in [1.54, 1.807) is 0 Å². The first-order valence-corrected chi connectivity index (χ1v) is 9.61. The van der Waals surface area contributed by atoms with Crippen LogP contribution in [0.4, 0.5) is 11.4 Å². The van der Waals surface area contributed by atoms with Gasteiger partial charge in [-0.05, 0) is 24.1 Å². The van der Waals surface area contributed by atoms with Crippen LogP contribution in [0.2, 0.25) is 0 Å². The molecular formula is C19H19N5O3S. The van der Waals surface area contributed by atoms with Crippen molar-refractivity contribution in [1.82, 2.24) is 14.8 Å². The highest BCUT2D eigenvalue weighted by atomic mass is 32.2. The van der Waals surface area contributed by atoms with E-state index < -0.39 is 4.92 Å². The van der Waals surface area contributed by atoms with Crippen LogP contribution in [0.5, 0.6) is 0 Å². The smallest absolute Gasteiger partial charge is 0.269 e. The zero-order chi connectivity index (χ0) is 19.9. The molecule has 1 amide bonds. The second-order valence-corrected chi connectivity index (χ2v) is 7.03. The van der Waals surface area contributed by atoms with E-state index in [4.69, 9.17) is 0 Å². The van der Waals surface area contributed by atoms with E-state index in [2.05, 4.69) is 27.6 Å². The molecule has 3 rings (SSSR count). The van der Waals surface area contributed by atoms with Gasteiger partial charge in [0.25, 0.3) is 5.69 Å². The lowest BCUT2D eigenvalue weighted by atomic mass is 10.1. The minimum Gasteiger partial charge on any atom is -0.325 e. The van der Waals surface area contributed by atoms with Gasteiger partial charge in [0.1, 0.15) is 5.82 Å². The summed E-state index contributed by atoms with van der Waals surface area (Å²) in [5.41, 5.74) is 1.73. The molecule has 0 fully saturated rings. The Bertz CT molecular complexity index is 957. The molecule has 0 bridgehead atoms. The van der Waals surface area contributed by atoms with Crippen molar-refractivity contribution in [3.05, 3.63) is 76.1 Å². The summed E-state index contributed by atoms with van der Waals surface area (Å²) in [5.74, 6) is 0.816. The fourth-order valence-electron chi connectivity index (χ4n) is 2.58. The van der Waals surface area contributed by atoms with Crippen LogP contribution in [0.1, 0.15) is 11.4 Å². The Labute approximate surface area is 166 Å². The van der Waals surface area contributed by atoms with Crippen molar-refractivity contribution in [3.63, 3.8) is 0 Å². The van der Waals surface area contributed by atoms with Gasteiger partial charge in [0.2, 0.25) is 5.91 Å². The first-order chi connectivity index (χ1) is 13.5. The number of aromatic nitrogens is 3. The van der Waals surface area contributed by atoms with Crippen molar-refractivity contribution < 1.29 is 9.72 Å². The Balaban J connectivity index is 1.50. The van der Waals surface area contributed by atoms with Gasteiger partial charge in [0, 0.05) is 31.3 Å². The SMILES string of the molecule is Cn1c(CCc2ccccc2)nnc1SCC(=O)Nc1ccc([N+](=O)[O-])cc1. The molecule has 9 heteroatoms. The number of rotatable bonds is 8. The predicted molar refractivity (Wildman–Crippen MR) is 107 cm³/mol. The van der Waals surface area contributed by atoms with E-state index in [0.29, 0.717) is 10.8 Å². The molecule has 0 aliphatic carbocycles. The van der Waals surface area contributed by atoms with Gasteiger partial charge in [-0.15, -0.1) is 10.2 Å². The fraction of sp³-hybridized carbons (Fsp3) is 0.211. The van der Waals surface area contributed by atoms with Crippen molar-refractivity contribution in [3.8, 4) is 0 Å². The monoisotopic (exact) mass is 397 g/mol. The molecule has 0 atom stereocenters. The highest BCUT2D eigenvalue weighted by molar-refractivity contribution is 7.99. The lowest BCUT2D eigenvalue weighted by molar-refractivity contribution is -0.384. The van der Waals surface area contributed by atoms with E-state index in [9.17, 15) is 14.9 Å². The summed E-state index contributed by atoms with van der Waals surface area (Å²) >= 11 is 1.29. The maximum atomic E-state index is 12.1. The van der Waals surface area contributed by atoms with Crippen molar-refractivity contribution in [2.45, 2.75) is 18.0 Å². The predicted octanol–water partition coefficient (Wildman–Crippen LogP) is 3.24. The largest absolute Gasteiger partial charge is 0.325 e. The molecule has 28 heavy (non-hydrogen) atoms. The van der Waals surface area contributed by atoms with Crippen LogP contribution < -0.4 is 5.32 Å². The molecule has 3 aromatic rings. The van der Waals surface area contributed by atoms with Gasteiger partial charge in [-0.1, -0.05) is 42.1 Å². The fourth-order valence-corrected chi connectivity index (χ4v) is 3.31. The second kappa shape index (κ2) is 9.14. The number of nitro groups is 1. The van der Waals surface area contributed by atoms with E-state index in [1.165, 1.54) is 41.6 Å². The molecule has 0 unspecified atom stereocenters. The zero-order valence-electron chi connectivity index (χ0n) is 15.2. The summed E-state index contributed by atoms with van der Waals surface area (Å²) in [6.07, 6.45) is 1.64. The second-order valence-electron chi connectivity index (χ2n) is 6.08. The van der Waals surface area contributed by atoms with Crippen LogP contribution in [0, 0.1) is 10.1 Å². The zero-order valence-corrected chi connectivity index (χ0v) is 16.1. The molecule has 1 aromatic heterocycles. The number of carbonyl (C=O) groups is 1. The van der Waals surface area contributed by atoms with Crippen molar-refractivity contribution in [2.24, 2.45) is 7.05 Å². The van der Waals surface area contributed by atoms with Gasteiger partial charge in [0.15, 0.2) is 5.16 Å². The van der Waals surface area contributed by atoms with E-state index in [0.717, 1.165) is 18.7 Å². The quantitative estimate of drug-likeness (QED) is 0.356. The Kier molecular flexibility index (Phi) is 6.38. The number of anilines is 1. The van der Waals surface area contributed by atoms with Gasteiger partial charge < -0.3 is 9.88 Å². The van der Waals surface area contributed by atoms with Gasteiger partial charge in [-0.2, -0.15) is 0 Å². The number of hydrogen-bond donors (Lipinski definition) is 1.